The number of methoxy groups -OCH3 is 2. The molecule has 1 aromatic carbocycles. The number of hydrazine groups is 1. The molecule has 6 nitrogen and oxygen atoms in total. The summed E-state index contributed by atoms with van der Waals surface area (Å²) in [5, 5.41) is 0. The molecule has 2 N–H and O–H groups in total. The third-order valence-electron chi connectivity index (χ3n) is 3.49. The van der Waals surface area contributed by atoms with Gasteiger partial charge in [-0.3, -0.25) is 20.4 Å². The molecule has 0 unspecified atom stereocenters. The first-order chi connectivity index (χ1) is 10.6. The van der Waals surface area contributed by atoms with Crippen molar-refractivity contribution in [3.05, 3.63) is 35.9 Å². The maximum absolute atomic E-state index is 12.1. The van der Waals surface area contributed by atoms with Crippen LogP contribution in [0.15, 0.2) is 30.4 Å². The lowest BCUT2D eigenvalue weighted by atomic mass is 10.1. The Labute approximate surface area is 129 Å². The number of nitrogens with one attached hydrogen (secondary N) is 2. The van der Waals surface area contributed by atoms with E-state index < -0.39 is 5.91 Å². The molecule has 118 valence electrons. The van der Waals surface area contributed by atoms with E-state index in [0.29, 0.717) is 23.5 Å². The molecule has 0 bridgehead atoms. The lowest BCUT2D eigenvalue weighted by Crippen LogP contribution is -2.42. The Kier molecular flexibility index (Phi) is 5.41. The standard InChI is InChI=1S/C16H20N2O4/c1-21-13-8-12(9-14(10-13)22-2)16(20)18-17-15(19)7-11-5-3-4-6-11/h3,5,8-11H,4,6-7H2,1-2H3,(H,17,19)(H,18,20)/t11-/m1/s1. The van der Waals surface area contributed by atoms with Crippen molar-refractivity contribution in [3.8, 4) is 11.5 Å². The van der Waals surface area contributed by atoms with E-state index >= 15 is 0 Å². The van der Waals surface area contributed by atoms with E-state index in [2.05, 4.69) is 16.9 Å². The van der Waals surface area contributed by atoms with Crippen LogP contribution in [0.3, 0.4) is 0 Å². The Morgan fingerprint density at radius 3 is 2.36 bits per heavy atom. The van der Waals surface area contributed by atoms with E-state index in [0.717, 1.165) is 12.8 Å². The van der Waals surface area contributed by atoms with Crippen molar-refractivity contribution < 1.29 is 19.1 Å². The predicted octanol–water partition coefficient (Wildman–Crippen LogP) is 1.82. The van der Waals surface area contributed by atoms with Crippen LogP contribution in [0.1, 0.15) is 29.6 Å². The molecule has 0 heterocycles. The van der Waals surface area contributed by atoms with Crippen LogP contribution in [0.25, 0.3) is 0 Å². The second-order valence-corrected chi connectivity index (χ2v) is 5.07. The van der Waals surface area contributed by atoms with Gasteiger partial charge in [0.15, 0.2) is 0 Å². The minimum Gasteiger partial charge on any atom is -0.497 e. The van der Waals surface area contributed by atoms with Crippen LogP contribution in [-0.4, -0.2) is 26.0 Å². The van der Waals surface area contributed by atoms with Crippen LogP contribution in [-0.2, 0) is 4.79 Å². The average molecular weight is 304 g/mol. The number of ether oxygens (including phenoxy) is 2. The number of carbonyl (C=O) groups excluding carboxylic acids is 2. The van der Waals surface area contributed by atoms with Crippen molar-refractivity contribution in [3.63, 3.8) is 0 Å². The molecule has 1 aliphatic rings. The number of amides is 2. The molecule has 0 spiro atoms. The molecule has 1 atom stereocenters. The van der Waals surface area contributed by atoms with Crippen molar-refractivity contribution in [1.82, 2.24) is 10.9 Å². The van der Waals surface area contributed by atoms with E-state index in [1.165, 1.54) is 14.2 Å². The molecule has 0 radical (unpaired) electrons. The first-order valence-corrected chi connectivity index (χ1v) is 7.11. The molecule has 1 aliphatic carbocycles. The average Bonchev–Trinajstić information content (AvgIpc) is 3.04. The SMILES string of the molecule is COc1cc(OC)cc(C(=O)NNC(=O)C[C@@H]2C=CCC2)c1. The maximum atomic E-state index is 12.1. The third kappa shape index (κ3) is 4.25. The molecule has 2 rings (SSSR count). The summed E-state index contributed by atoms with van der Waals surface area (Å²) in [6.07, 6.45) is 6.47. The van der Waals surface area contributed by atoms with Gasteiger partial charge in [-0.05, 0) is 30.9 Å². The first kappa shape index (κ1) is 15.9. The van der Waals surface area contributed by atoms with Crippen LogP contribution >= 0.6 is 0 Å². The lowest BCUT2D eigenvalue weighted by Gasteiger charge is -2.11. The van der Waals surface area contributed by atoms with Gasteiger partial charge in [0, 0.05) is 18.1 Å². The van der Waals surface area contributed by atoms with Gasteiger partial charge in [0.1, 0.15) is 11.5 Å². The molecule has 0 saturated carbocycles. The molecule has 2 amide bonds. The zero-order chi connectivity index (χ0) is 15.9. The highest BCUT2D eigenvalue weighted by atomic mass is 16.5. The van der Waals surface area contributed by atoms with Crippen molar-refractivity contribution >= 4 is 11.8 Å². The molecule has 0 saturated heterocycles. The summed E-state index contributed by atoms with van der Waals surface area (Å²) >= 11 is 0. The monoisotopic (exact) mass is 304 g/mol. The topological polar surface area (TPSA) is 76.7 Å². The van der Waals surface area contributed by atoms with Gasteiger partial charge in [-0.1, -0.05) is 12.2 Å². The quantitative estimate of drug-likeness (QED) is 0.642. The highest BCUT2D eigenvalue weighted by molar-refractivity contribution is 5.96. The third-order valence-corrected chi connectivity index (χ3v) is 3.49. The van der Waals surface area contributed by atoms with Gasteiger partial charge in [-0.15, -0.1) is 0 Å². The molecule has 22 heavy (non-hydrogen) atoms. The van der Waals surface area contributed by atoms with Crippen LogP contribution in [0.4, 0.5) is 0 Å². The van der Waals surface area contributed by atoms with E-state index in [9.17, 15) is 9.59 Å². The van der Waals surface area contributed by atoms with Crippen molar-refractivity contribution in [1.29, 1.82) is 0 Å². The molecule has 0 aliphatic heterocycles. The Morgan fingerprint density at radius 1 is 1.14 bits per heavy atom. The Bertz CT molecular complexity index is 561. The van der Waals surface area contributed by atoms with Gasteiger partial charge in [0.2, 0.25) is 5.91 Å². The number of hydrogen-bond donors (Lipinski definition) is 2. The fourth-order valence-electron chi connectivity index (χ4n) is 2.29. The Balaban J connectivity index is 1.91. The van der Waals surface area contributed by atoms with Crippen LogP contribution in [0, 0.1) is 5.92 Å². The van der Waals surface area contributed by atoms with E-state index in [1.54, 1.807) is 18.2 Å². The van der Waals surface area contributed by atoms with E-state index in [4.69, 9.17) is 9.47 Å². The minimum atomic E-state index is -0.424. The number of benzene rings is 1. The van der Waals surface area contributed by atoms with Crippen molar-refractivity contribution in [2.75, 3.05) is 14.2 Å². The number of allylic oxidation sites excluding steroid dienone is 2. The number of rotatable bonds is 5. The predicted molar refractivity (Wildman–Crippen MR) is 81.6 cm³/mol. The Hall–Kier alpha value is -2.50. The summed E-state index contributed by atoms with van der Waals surface area (Å²) in [6.45, 7) is 0. The highest BCUT2D eigenvalue weighted by Gasteiger charge is 2.15. The number of carbonyl (C=O) groups is 2. The van der Waals surface area contributed by atoms with Gasteiger partial charge in [0.25, 0.3) is 5.91 Å². The molecule has 6 heteroatoms. The van der Waals surface area contributed by atoms with Crippen LogP contribution in [0.5, 0.6) is 11.5 Å². The summed E-state index contributed by atoms with van der Waals surface area (Å²) in [4.78, 5) is 23.8. The first-order valence-electron chi connectivity index (χ1n) is 7.11. The second kappa shape index (κ2) is 7.49. The van der Waals surface area contributed by atoms with Crippen LogP contribution in [0.2, 0.25) is 0 Å². The van der Waals surface area contributed by atoms with Crippen molar-refractivity contribution in [2.24, 2.45) is 5.92 Å². The normalized spacial score (nSPS) is 16.2. The summed E-state index contributed by atoms with van der Waals surface area (Å²) in [5.74, 6) is 0.639. The van der Waals surface area contributed by atoms with Crippen molar-refractivity contribution in [2.45, 2.75) is 19.3 Å². The summed E-state index contributed by atoms with van der Waals surface area (Å²) in [5.41, 5.74) is 5.18. The number of hydrogen-bond acceptors (Lipinski definition) is 4. The summed E-state index contributed by atoms with van der Waals surface area (Å²) < 4.78 is 10.2. The summed E-state index contributed by atoms with van der Waals surface area (Å²) in [7, 11) is 3.01. The summed E-state index contributed by atoms with van der Waals surface area (Å²) in [6, 6.07) is 4.81. The van der Waals surface area contributed by atoms with Gasteiger partial charge in [-0.25, -0.2) is 0 Å². The smallest absolute Gasteiger partial charge is 0.269 e. The van der Waals surface area contributed by atoms with E-state index in [1.807, 2.05) is 6.08 Å². The largest absolute Gasteiger partial charge is 0.497 e. The molecular formula is C16H20N2O4. The van der Waals surface area contributed by atoms with Crippen LogP contribution < -0.4 is 20.3 Å². The van der Waals surface area contributed by atoms with E-state index in [-0.39, 0.29) is 11.8 Å². The van der Waals surface area contributed by atoms with Gasteiger partial charge in [-0.2, -0.15) is 0 Å². The zero-order valence-corrected chi connectivity index (χ0v) is 12.7. The van der Waals surface area contributed by atoms with Gasteiger partial charge >= 0.3 is 0 Å². The maximum Gasteiger partial charge on any atom is 0.269 e. The molecule has 1 aromatic rings. The Morgan fingerprint density at radius 2 is 1.82 bits per heavy atom. The van der Waals surface area contributed by atoms with Gasteiger partial charge < -0.3 is 9.47 Å². The molecule has 0 aromatic heterocycles. The molecular weight excluding hydrogens is 284 g/mol. The molecule has 0 fully saturated rings. The fraction of sp³-hybridized carbons (Fsp3) is 0.375. The lowest BCUT2D eigenvalue weighted by molar-refractivity contribution is -0.122. The second-order valence-electron chi connectivity index (χ2n) is 5.07. The fourth-order valence-corrected chi connectivity index (χ4v) is 2.29. The zero-order valence-electron chi connectivity index (χ0n) is 12.7. The van der Waals surface area contributed by atoms with Gasteiger partial charge in [0.05, 0.1) is 14.2 Å². The minimum absolute atomic E-state index is 0.209. The highest BCUT2D eigenvalue weighted by Crippen LogP contribution is 2.22.